The Morgan fingerprint density at radius 1 is 1.47 bits per heavy atom. The zero-order valence-electron chi connectivity index (χ0n) is 11.1. The highest BCUT2D eigenvalue weighted by atomic mass is 16.6. The van der Waals surface area contributed by atoms with Crippen molar-refractivity contribution in [2.24, 2.45) is 5.92 Å². The van der Waals surface area contributed by atoms with Crippen molar-refractivity contribution in [1.82, 2.24) is 9.88 Å². The van der Waals surface area contributed by atoms with Gasteiger partial charge in [0.2, 0.25) is 0 Å². The first-order valence-electron chi connectivity index (χ1n) is 6.14. The summed E-state index contributed by atoms with van der Waals surface area (Å²) in [5.74, 6) is 0.465. The first kappa shape index (κ1) is 15.3. The fourth-order valence-electron chi connectivity index (χ4n) is 1.64. The number of aromatic nitrogens is 1. The molecule has 0 saturated heterocycles. The summed E-state index contributed by atoms with van der Waals surface area (Å²) in [6.45, 7) is 5.23. The average Bonchev–Trinajstić information content (AvgIpc) is 2.31. The lowest BCUT2D eigenvalue weighted by Crippen LogP contribution is -2.35. The van der Waals surface area contributed by atoms with Crippen LogP contribution in [0.15, 0.2) is 23.1 Å². The maximum atomic E-state index is 11.7. The molecule has 0 spiro atoms. The van der Waals surface area contributed by atoms with Gasteiger partial charge >= 0.3 is 11.2 Å². The van der Waals surface area contributed by atoms with Crippen LogP contribution in [0.3, 0.4) is 0 Å². The van der Waals surface area contributed by atoms with Crippen molar-refractivity contribution < 1.29 is 10.0 Å². The molecule has 0 radical (unpaired) electrons. The molecule has 0 aliphatic carbocycles. The van der Waals surface area contributed by atoms with Gasteiger partial charge in [0, 0.05) is 18.8 Å². The van der Waals surface area contributed by atoms with Crippen molar-refractivity contribution in [1.29, 1.82) is 0 Å². The minimum Gasteiger partial charge on any atom is -0.390 e. The van der Waals surface area contributed by atoms with Gasteiger partial charge in [-0.05, 0) is 18.5 Å². The smallest absolute Gasteiger partial charge is 0.334 e. The third-order valence-corrected chi connectivity index (χ3v) is 2.54. The predicted molar refractivity (Wildman–Crippen MR) is 71.1 cm³/mol. The fourth-order valence-corrected chi connectivity index (χ4v) is 1.64. The minimum atomic E-state index is -0.765. The van der Waals surface area contributed by atoms with Gasteiger partial charge in [-0.1, -0.05) is 13.8 Å². The number of pyridine rings is 1. The molecule has 1 atom stereocenters. The van der Waals surface area contributed by atoms with E-state index in [0.717, 1.165) is 17.2 Å². The number of hydrogen-bond acceptors (Lipinski definition) is 5. The van der Waals surface area contributed by atoms with E-state index in [9.17, 15) is 20.0 Å². The second-order valence-corrected chi connectivity index (χ2v) is 4.81. The topological polar surface area (TPSA) is 97.4 Å². The lowest BCUT2D eigenvalue weighted by Gasteiger charge is -2.14. The van der Waals surface area contributed by atoms with Gasteiger partial charge in [0.05, 0.1) is 17.6 Å². The van der Waals surface area contributed by atoms with Crippen molar-refractivity contribution in [3.05, 3.63) is 38.8 Å². The van der Waals surface area contributed by atoms with E-state index in [1.165, 1.54) is 12.3 Å². The number of aliphatic hydroxyl groups excluding tert-OH is 1. The summed E-state index contributed by atoms with van der Waals surface area (Å²) in [6.07, 6.45) is 0.666. The van der Waals surface area contributed by atoms with E-state index in [2.05, 4.69) is 5.32 Å². The molecule has 7 heteroatoms. The second kappa shape index (κ2) is 7.01. The van der Waals surface area contributed by atoms with Crippen LogP contribution in [-0.4, -0.2) is 33.8 Å². The van der Waals surface area contributed by atoms with Crippen molar-refractivity contribution in [3.63, 3.8) is 0 Å². The van der Waals surface area contributed by atoms with E-state index in [-0.39, 0.29) is 6.54 Å². The molecule has 0 bridgehead atoms. The van der Waals surface area contributed by atoms with E-state index >= 15 is 0 Å². The summed E-state index contributed by atoms with van der Waals surface area (Å²) in [6, 6.07) is 2.58. The Hall–Kier alpha value is -1.73. The van der Waals surface area contributed by atoms with Crippen LogP contribution in [-0.2, 0) is 6.54 Å². The van der Waals surface area contributed by atoms with Gasteiger partial charge in [0.1, 0.15) is 0 Å². The van der Waals surface area contributed by atoms with Crippen molar-refractivity contribution >= 4 is 5.69 Å². The Kier molecular flexibility index (Phi) is 5.65. The number of nitrogens with zero attached hydrogens (tertiary/aromatic N) is 2. The van der Waals surface area contributed by atoms with Crippen LogP contribution >= 0.6 is 0 Å². The molecule has 1 aromatic heterocycles. The van der Waals surface area contributed by atoms with Gasteiger partial charge in [-0.3, -0.25) is 14.9 Å². The summed E-state index contributed by atoms with van der Waals surface area (Å²) in [5, 5.41) is 23.5. The zero-order valence-corrected chi connectivity index (χ0v) is 11.1. The molecular weight excluding hydrogens is 250 g/mol. The average molecular weight is 269 g/mol. The van der Waals surface area contributed by atoms with Gasteiger partial charge < -0.3 is 15.0 Å². The Morgan fingerprint density at radius 3 is 2.74 bits per heavy atom. The Balaban J connectivity index is 2.64. The molecule has 106 valence electrons. The Labute approximate surface area is 111 Å². The number of hydrogen-bond donors (Lipinski definition) is 2. The van der Waals surface area contributed by atoms with Gasteiger partial charge in [0.15, 0.2) is 0 Å². The van der Waals surface area contributed by atoms with Crippen LogP contribution in [0.5, 0.6) is 0 Å². The summed E-state index contributed by atoms with van der Waals surface area (Å²) < 4.78 is 1.15. The maximum Gasteiger partial charge on any atom is 0.334 e. The van der Waals surface area contributed by atoms with Crippen molar-refractivity contribution in [2.75, 3.05) is 13.1 Å². The quantitative estimate of drug-likeness (QED) is 0.550. The highest BCUT2D eigenvalue weighted by molar-refractivity contribution is 5.25. The molecule has 0 aromatic carbocycles. The van der Waals surface area contributed by atoms with Gasteiger partial charge in [-0.15, -0.1) is 0 Å². The van der Waals surface area contributed by atoms with Gasteiger partial charge in [0.25, 0.3) is 0 Å². The molecule has 1 rings (SSSR count). The lowest BCUT2D eigenvalue weighted by atomic mass is 10.2. The van der Waals surface area contributed by atoms with E-state index in [1.54, 1.807) is 0 Å². The third kappa shape index (κ3) is 4.80. The fraction of sp³-hybridized carbons (Fsp3) is 0.583. The molecule has 0 saturated carbocycles. The second-order valence-electron chi connectivity index (χ2n) is 4.81. The molecule has 0 fully saturated rings. The molecular formula is C12H19N3O4. The molecule has 0 aliphatic heterocycles. The van der Waals surface area contributed by atoms with E-state index < -0.39 is 22.3 Å². The Bertz CT molecular complexity index is 484. The third-order valence-electron chi connectivity index (χ3n) is 2.54. The number of aliphatic hydroxyl groups is 1. The molecule has 2 N–H and O–H groups in total. The van der Waals surface area contributed by atoms with Crippen molar-refractivity contribution in [2.45, 2.75) is 26.5 Å². The molecule has 19 heavy (non-hydrogen) atoms. The van der Waals surface area contributed by atoms with Crippen molar-refractivity contribution in [3.8, 4) is 0 Å². The molecule has 1 aromatic rings. The summed E-state index contributed by atoms with van der Waals surface area (Å²) in [5.41, 5.74) is -1.18. The van der Waals surface area contributed by atoms with Gasteiger partial charge in [-0.25, -0.2) is 0 Å². The molecule has 0 amide bonds. The summed E-state index contributed by atoms with van der Waals surface area (Å²) in [7, 11) is 0. The summed E-state index contributed by atoms with van der Waals surface area (Å²) >= 11 is 0. The standard InChI is InChI=1S/C12H19N3O4/c1-9(2)6-13-7-10(16)8-14-5-3-4-11(12(14)17)15(18)19/h3-5,9-10,13,16H,6-8H2,1-2H3. The first-order valence-corrected chi connectivity index (χ1v) is 6.14. The minimum absolute atomic E-state index is 0.0333. The molecule has 0 aliphatic rings. The van der Waals surface area contributed by atoms with Crippen LogP contribution < -0.4 is 10.9 Å². The zero-order chi connectivity index (χ0) is 14.4. The molecule has 7 nitrogen and oxygen atoms in total. The normalized spacial score (nSPS) is 12.6. The Morgan fingerprint density at radius 2 is 2.16 bits per heavy atom. The van der Waals surface area contributed by atoms with E-state index in [0.29, 0.717) is 12.5 Å². The van der Waals surface area contributed by atoms with Crippen LogP contribution in [0.25, 0.3) is 0 Å². The lowest BCUT2D eigenvalue weighted by molar-refractivity contribution is -0.386. The highest BCUT2D eigenvalue weighted by Gasteiger charge is 2.15. The predicted octanol–water partition coefficient (Wildman–Crippen LogP) is 0.363. The van der Waals surface area contributed by atoms with Gasteiger partial charge in [-0.2, -0.15) is 0 Å². The largest absolute Gasteiger partial charge is 0.390 e. The SMILES string of the molecule is CC(C)CNCC(O)Cn1cccc([N+](=O)[O-])c1=O. The van der Waals surface area contributed by atoms with Crippen LogP contribution in [0.4, 0.5) is 5.69 Å². The summed E-state index contributed by atoms with van der Waals surface area (Å²) in [4.78, 5) is 21.6. The highest BCUT2D eigenvalue weighted by Crippen LogP contribution is 2.02. The van der Waals surface area contributed by atoms with Crippen LogP contribution in [0, 0.1) is 16.0 Å². The van der Waals surface area contributed by atoms with E-state index in [4.69, 9.17) is 0 Å². The maximum absolute atomic E-state index is 11.7. The first-order chi connectivity index (χ1) is 8.91. The monoisotopic (exact) mass is 269 g/mol. The number of nitro groups is 1. The molecule has 1 heterocycles. The number of nitrogens with one attached hydrogen (secondary N) is 1. The number of rotatable bonds is 7. The van der Waals surface area contributed by atoms with E-state index in [1.807, 2.05) is 13.8 Å². The van der Waals surface area contributed by atoms with Crippen LogP contribution in [0.1, 0.15) is 13.8 Å². The molecule has 1 unspecified atom stereocenters. The van der Waals surface area contributed by atoms with Crippen LogP contribution in [0.2, 0.25) is 0 Å².